The predicted octanol–water partition coefficient (Wildman–Crippen LogP) is 2.39. The van der Waals surface area contributed by atoms with Crippen LogP contribution in [0, 0.1) is 0 Å². The number of benzene rings is 1. The molecule has 0 bridgehead atoms. The van der Waals surface area contributed by atoms with E-state index in [9.17, 15) is 4.79 Å². The van der Waals surface area contributed by atoms with Crippen LogP contribution in [0.2, 0.25) is 0 Å². The van der Waals surface area contributed by atoms with Gasteiger partial charge in [-0.2, -0.15) is 0 Å². The molecule has 0 saturated carbocycles. The van der Waals surface area contributed by atoms with Crippen LogP contribution in [0.3, 0.4) is 0 Å². The van der Waals surface area contributed by atoms with Gasteiger partial charge in [0.25, 0.3) is 0 Å². The number of hydrogen-bond acceptors (Lipinski definition) is 2. The number of carbonyl (C=O) groups excluding carboxylic acids is 1. The molecule has 0 aliphatic carbocycles. The van der Waals surface area contributed by atoms with Crippen LogP contribution < -0.4 is 5.32 Å². The van der Waals surface area contributed by atoms with E-state index in [4.69, 9.17) is 0 Å². The van der Waals surface area contributed by atoms with Gasteiger partial charge in [-0.15, -0.1) is 0 Å². The molecular weight excluding hydrogens is 212 g/mol. The van der Waals surface area contributed by atoms with Crippen molar-refractivity contribution in [3.8, 4) is 0 Å². The van der Waals surface area contributed by atoms with E-state index in [1.807, 2.05) is 51.1 Å². The minimum atomic E-state index is -0.136. The molecule has 1 N–H and O–H groups in total. The van der Waals surface area contributed by atoms with Crippen LogP contribution in [0.5, 0.6) is 0 Å². The molecule has 0 radical (unpaired) electrons. The van der Waals surface area contributed by atoms with Crippen LogP contribution in [0.4, 0.5) is 0 Å². The highest BCUT2D eigenvalue weighted by Crippen LogP contribution is 2.14. The maximum Gasteiger partial charge on any atom is 0.227 e. The Morgan fingerprint density at radius 1 is 1.24 bits per heavy atom. The first-order chi connectivity index (χ1) is 8.06. The summed E-state index contributed by atoms with van der Waals surface area (Å²) in [5.74, 6) is -0.102. The summed E-state index contributed by atoms with van der Waals surface area (Å²) in [7, 11) is 1.73. The van der Waals surface area contributed by atoms with Gasteiger partial charge in [0.15, 0.2) is 0 Å². The summed E-state index contributed by atoms with van der Waals surface area (Å²) in [4.78, 5) is 16.1. The number of nitrogens with zero attached hydrogens (tertiary/aromatic N) is 1. The molecule has 0 unspecified atom stereocenters. The molecule has 2 atom stereocenters. The minimum absolute atomic E-state index is 0.0151. The molecule has 1 aromatic rings. The summed E-state index contributed by atoms with van der Waals surface area (Å²) in [6.07, 6.45) is 0. The summed E-state index contributed by atoms with van der Waals surface area (Å²) in [6.45, 7) is 5.77. The van der Waals surface area contributed by atoms with Gasteiger partial charge < -0.3 is 5.32 Å². The Labute approximate surface area is 103 Å². The standard InChI is InChI=1S/C14H20N2O/c1-10(13-8-6-5-7-9-13)14(17)16-12(3)11(2)15-4/h5-10,12H,1-4H3,(H,16,17)/t10-,12+/m1/s1. The van der Waals surface area contributed by atoms with E-state index >= 15 is 0 Å². The summed E-state index contributed by atoms with van der Waals surface area (Å²) in [6, 6.07) is 9.76. The largest absolute Gasteiger partial charge is 0.348 e. The third-order valence-electron chi connectivity index (χ3n) is 3.03. The van der Waals surface area contributed by atoms with E-state index < -0.39 is 0 Å². The minimum Gasteiger partial charge on any atom is -0.348 e. The fourth-order valence-corrected chi connectivity index (χ4v) is 1.53. The van der Waals surface area contributed by atoms with Gasteiger partial charge in [0, 0.05) is 12.8 Å². The molecule has 1 aromatic carbocycles. The van der Waals surface area contributed by atoms with Gasteiger partial charge >= 0.3 is 0 Å². The number of aliphatic imine (C=N–C) groups is 1. The molecule has 0 saturated heterocycles. The van der Waals surface area contributed by atoms with Gasteiger partial charge in [-0.1, -0.05) is 30.3 Å². The van der Waals surface area contributed by atoms with Crippen LogP contribution in [-0.2, 0) is 4.79 Å². The molecule has 0 fully saturated rings. The highest BCUT2D eigenvalue weighted by atomic mass is 16.1. The zero-order valence-corrected chi connectivity index (χ0v) is 10.9. The third-order valence-corrected chi connectivity index (χ3v) is 3.03. The predicted molar refractivity (Wildman–Crippen MR) is 71.5 cm³/mol. The van der Waals surface area contributed by atoms with Crippen molar-refractivity contribution in [2.45, 2.75) is 32.7 Å². The first kappa shape index (κ1) is 13.4. The quantitative estimate of drug-likeness (QED) is 0.796. The van der Waals surface area contributed by atoms with Crippen LogP contribution in [-0.4, -0.2) is 24.7 Å². The van der Waals surface area contributed by atoms with Crippen molar-refractivity contribution >= 4 is 11.6 Å². The van der Waals surface area contributed by atoms with Gasteiger partial charge in [-0.3, -0.25) is 9.79 Å². The molecule has 0 aliphatic heterocycles. The van der Waals surface area contributed by atoms with Crippen molar-refractivity contribution in [1.29, 1.82) is 0 Å². The van der Waals surface area contributed by atoms with Crippen molar-refractivity contribution in [1.82, 2.24) is 5.32 Å². The Kier molecular flexibility index (Phi) is 4.88. The zero-order chi connectivity index (χ0) is 12.8. The molecule has 1 amide bonds. The van der Waals surface area contributed by atoms with E-state index in [2.05, 4.69) is 10.3 Å². The van der Waals surface area contributed by atoms with Crippen LogP contribution in [0.25, 0.3) is 0 Å². The van der Waals surface area contributed by atoms with Gasteiger partial charge in [0.1, 0.15) is 0 Å². The lowest BCUT2D eigenvalue weighted by Crippen LogP contribution is -2.39. The summed E-state index contributed by atoms with van der Waals surface area (Å²) in [5.41, 5.74) is 1.96. The van der Waals surface area contributed by atoms with E-state index in [1.54, 1.807) is 7.05 Å². The number of nitrogens with one attached hydrogen (secondary N) is 1. The van der Waals surface area contributed by atoms with Crippen LogP contribution in [0.1, 0.15) is 32.3 Å². The van der Waals surface area contributed by atoms with E-state index in [0.717, 1.165) is 11.3 Å². The highest BCUT2D eigenvalue weighted by Gasteiger charge is 2.17. The van der Waals surface area contributed by atoms with E-state index in [-0.39, 0.29) is 17.9 Å². The molecule has 0 aromatic heterocycles. The Hall–Kier alpha value is -1.64. The maximum absolute atomic E-state index is 12.0. The lowest BCUT2D eigenvalue weighted by Gasteiger charge is -2.17. The topological polar surface area (TPSA) is 41.5 Å². The smallest absolute Gasteiger partial charge is 0.227 e. The number of amides is 1. The van der Waals surface area contributed by atoms with E-state index in [1.165, 1.54) is 0 Å². The van der Waals surface area contributed by atoms with Gasteiger partial charge in [0.2, 0.25) is 5.91 Å². The Morgan fingerprint density at radius 2 is 1.82 bits per heavy atom. The van der Waals surface area contributed by atoms with Crippen molar-refractivity contribution in [3.63, 3.8) is 0 Å². The molecular formula is C14H20N2O. The fourth-order valence-electron chi connectivity index (χ4n) is 1.53. The average molecular weight is 232 g/mol. The second kappa shape index (κ2) is 6.18. The molecule has 92 valence electrons. The second-order valence-electron chi connectivity index (χ2n) is 4.23. The Bertz CT molecular complexity index is 398. The van der Waals surface area contributed by atoms with Gasteiger partial charge in [-0.25, -0.2) is 0 Å². The molecule has 0 heterocycles. The van der Waals surface area contributed by atoms with E-state index in [0.29, 0.717) is 0 Å². The average Bonchev–Trinajstić information content (AvgIpc) is 2.37. The van der Waals surface area contributed by atoms with Crippen molar-refractivity contribution in [3.05, 3.63) is 35.9 Å². The normalized spacial score (nSPS) is 15.2. The van der Waals surface area contributed by atoms with Crippen molar-refractivity contribution in [2.24, 2.45) is 4.99 Å². The molecule has 0 aliphatic rings. The fraction of sp³-hybridized carbons (Fsp3) is 0.429. The molecule has 1 rings (SSSR count). The molecule has 3 heteroatoms. The molecule has 0 spiro atoms. The first-order valence-electron chi connectivity index (χ1n) is 5.85. The SMILES string of the molecule is CN=C(C)[C@H](C)NC(=O)[C@H](C)c1ccccc1. The zero-order valence-electron chi connectivity index (χ0n) is 10.9. The van der Waals surface area contributed by atoms with Crippen LogP contribution >= 0.6 is 0 Å². The molecule has 17 heavy (non-hydrogen) atoms. The summed E-state index contributed by atoms with van der Waals surface area (Å²) >= 11 is 0. The highest BCUT2D eigenvalue weighted by molar-refractivity contribution is 5.92. The number of carbonyl (C=O) groups is 1. The number of hydrogen-bond donors (Lipinski definition) is 1. The monoisotopic (exact) mass is 232 g/mol. The Morgan fingerprint density at radius 3 is 2.35 bits per heavy atom. The van der Waals surface area contributed by atoms with Crippen molar-refractivity contribution < 1.29 is 4.79 Å². The lowest BCUT2D eigenvalue weighted by atomic mass is 10.00. The van der Waals surface area contributed by atoms with Gasteiger partial charge in [0.05, 0.1) is 12.0 Å². The number of rotatable bonds is 4. The van der Waals surface area contributed by atoms with Crippen LogP contribution in [0.15, 0.2) is 35.3 Å². The second-order valence-corrected chi connectivity index (χ2v) is 4.23. The Balaban J connectivity index is 2.66. The van der Waals surface area contributed by atoms with Crippen molar-refractivity contribution in [2.75, 3.05) is 7.05 Å². The first-order valence-corrected chi connectivity index (χ1v) is 5.85. The lowest BCUT2D eigenvalue weighted by molar-refractivity contribution is -0.122. The van der Waals surface area contributed by atoms with Gasteiger partial charge in [-0.05, 0) is 26.3 Å². The summed E-state index contributed by atoms with van der Waals surface area (Å²) in [5, 5.41) is 2.96. The maximum atomic E-state index is 12.0. The summed E-state index contributed by atoms with van der Waals surface area (Å²) < 4.78 is 0. The molecule has 3 nitrogen and oxygen atoms in total. The third kappa shape index (κ3) is 3.70.